The van der Waals surface area contributed by atoms with Crippen LogP contribution in [0.4, 0.5) is 0 Å². The molecule has 0 aromatic heterocycles. The lowest BCUT2D eigenvalue weighted by Gasteiger charge is -2.36. The third kappa shape index (κ3) is 1.29. The predicted molar refractivity (Wildman–Crippen MR) is 75.3 cm³/mol. The van der Waals surface area contributed by atoms with Gasteiger partial charge in [-0.3, -0.25) is 9.59 Å². The normalized spacial score (nSPS) is 38.7. The van der Waals surface area contributed by atoms with Crippen LogP contribution in [0.5, 0.6) is 0 Å². The molecule has 3 nitrogen and oxygen atoms in total. The summed E-state index contributed by atoms with van der Waals surface area (Å²) in [5.74, 6) is -0.449. The van der Waals surface area contributed by atoms with E-state index in [-0.39, 0.29) is 17.5 Å². The molecule has 2 aliphatic carbocycles. The monoisotopic (exact) mass is 272 g/mol. The number of carbonyl (C=O) groups is 2. The molecule has 0 aliphatic heterocycles. The van der Waals surface area contributed by atoms with Gasteiger partial charge in [0.05, 0.1) is 11.3 Å². The molecule has 3 heteroatoms. The number of rotatable bonds is 2. The fraction of sp³-hybridized carbons (Fsp3) is 0.529. The lowest BCUT2D eigenvalue weighted by atomic mass is 9.71. The number of hydrogen-bond acceptors (Lipinski definition) is 3. The lowest BCUT2D eigenvalue weighted by Crippen LogP contribution is -2.45. The molecule has 106 valence electrons. The van der Waals surface area contributed by atoms with Gasteiger partial charge in [0.1, 0.15) is 11.4 Å². The summed E-state index contributed by atoms with van der Waals surface area (Å²) in [6.07, 6.45) is 1.38. The summed E-state index contributed by atoms with van der Waals surface area (Å²) in [5, 5.41) is 11.4. The van der Waals surface area contributed by atoms with E-state index >= 15 is 0 Å². The maximum atomic E-state index is 12.8. The summed E-state index contributed by atoms with van der Waals surface area (Å²) in [5.41, 5.74) is -0.983. The van der Waals surface area contributed by atoms with Crippen LogP contribution in [-0.4, -0.2) is 16.7 Å². The first kappa shape index (κ1) is 13.5. The molecule has 0 heterocycles. The Morgan fingerprint density at radius 3 is 2.65 bits per heavy atom. The highest BCUT2D eigenvalue weighted by atomic mass is 16.3. The number of fused-ring (bicyclic) bond motifs is 3. The van der Waals surface area contributed by atoms with Gasteiger partial charge in [0.2, 0.25) is 0 Å². The van der Waals surface area contributed by atoms with Gasteiger partial charge in [0, 0.05) is 5.56 Å². The Labute approximate surface area is 119 Å². The molecule has 0 amide bonds. The van der Waals surface area contributed by atoms with Crippen LogP contribution in [0.25, 0.3) is 0 Å². The summed E-state index contributed by atoms with van der Waals surface area (Å²) >= 11 is 0. The molecule has 0 saturated heterocycles. The van der Waals surface area contributed by atoms with Crippen molar-refractivity contribution in [2.24, 2.45) is 17.3 Å². The smallest absolute Gasteiger partial charge is 0.172 e. The summed E-state index contributed by atoms with van der Waals surface area (Å²) in [6.45, 7) is 5.37. The maximum Gasteiger partial charge on any atom is 0.172 e. The number of benzene rings is 1. The predicted octanol–water partition coefficient (Wildman–Crippen LogP) is 2.71. The van der Waals surface area contributed by atoms with Crippen LogP contribution in [0.2, 0.25) is 0 Å². The van der Waals surface area contributed by atoms with E-state index in [2.05, 4.69) is 0 Å². The second kappa shape index (κ2) is 4.01. The van der Waals surface area contributed by atoms with Crippen molar-refractivity contribution in [3.8, 4) is 0 Å². The van der Waals surface area contributed by atoms with E-state index in [0.717, 1.165) is 6.42 Å². The average Bonchev–Trinajstić information content (AvgIpc) is 2.76. The largest absolute Gasteiger partial charge is 0.383 e. The number of carbonyl (C=O) groups excluding carboxylic acids is 2. The first-order valence-corrected chi connectivity index (χ1v) is 7.25. The number of hydrogen-bond donors (Lipinski definition) is 1. The molecule has 0 bridgehead atoms. The van der Waals surface area contributed by atoms with Crippen LogP contribution in [-0.2, 0) is 10.4 Å². The zero-order valence-electron chi connectivity index (χ0n) is 12.1. The maximum absolute atomic E-state index is 12.8. The minimum absolute atomic E-state index is 0.0159. The Morgan fingerprint density at radius 2 is 2.05 bits per heavy atom. The van der Waals surface area contributed by atoms with E-state index in [9.17, 15) is 14.7 Å². The molecule has 1 aromatic carbocycles. The Kier molecular flexibility index (Phi) is 2.71. The van der Waals surface area contributed by atoms with Crippen molar-refractivity contribution >= 4 is 11.6 Å². The van der Waals surface area contributed by atoms with Gasteiger partial charge in [-0.25, -0.2) is 0 Å². The summed E-state index contributed by atoms with van der Waals surface area (Å²) < 4.78 is 0. The van der Waals surface area contributed by atoms with Crippen molar-refractivity contribution in [1.29, 1.82) is 0 Å². The number of Topliss-reactive ketones (excluding diaryl/α,β-unsaturated/α-hetero) is 2. The van der Waals surface area contributed by atoms with Gasteiger partial charge >= 0.3 is 0 Å². The van der Waals surface area contributed by atoms with Gasteiger partial charge in [-0.2, -0.15) is 0 Å². The molecule has 1 fully saturated rings. The zero-order chi connectivity index (χ0) is 14.7. The Balaban J connectivity index is 2.28. The van der Waals surface area contributed by atoms with Crippen molar-refractivity contribution in [3.63, 3.8) is 0 Å². The Morgan fingerprint density at radius 1 is 1.40 bits per heavy atom. The number of aliphatic hydroxyl groups is 1. The van der Waals surface area contributed by atoms with E-state index in [1.165, 1.54) is 6.92 Å². The summed E-state index contributed by atoms with van der Waals surface area (Å²) in [6, 6.07) is 7.20. The third-order valence-electron chi connectivity index (χ3n) is 5.48. The first-order chi connectivity index (χ1) is 9.38. The van der Waals surface area contributed by atoms with E-state index < -0.39 is 16.9 Å². The molecule has 4 atom stereocenters. The molecule has 1 aromatic rings. The van der Waals surface area contributed by atoms with Crippen LogP contribution >= 0.6 is 0 Å². The molecule has 4 unspecified atom stereocenters. The SMILES string of the molecule is CCC1CC2(C)C(=O)c3ccccc3C2(O)C1C(C)=O. The quantitative estimate of drug-likeness (QED) is 0.900. The molecule has 1 N–H and O–H groups in total. The molecule has 0 radical (unpaired) electrons. The highest BCUT2D eigenvalue weighted by molar-refractivity contribution is 6.07. The molecule has 3 rings (SSSR count). The van der Waals surface area contributed by atoms with E-state index in [4.69, 9.17) is 0 Å². The molecule has 20 heavy (non-hydrogen) atoms. The van der Waals surface area contributed by atoms with Crippen molar-refractivity contribution in [2.45, 2.75) is 39.2 Å². The Bertz CT molecular complexity index is 606. The minimum atomic E-state index is -1.34. The fourth-order valence-electron chi connectivity index (χ4n) is 4.53. The van der Waals surface area contributed by atoms with Gasteiger partial charge in [-0.1, -0.05) is 37.6 Å². The van der Waals surface area contributed by atoms with Gasteiger partial charge < -0.3 is 5.11 Å². The molecule has 0 spiro atoms. The molecular formula is C17H20O3. The van der Waals surface area contributed by atoms with Crippen LogP contribution in [0.15, 0.2) is 24.3 Å². The second-order valence-electron chi connectivity index (χ2n) is 6.43. The lowest BCUT2D eigenvalue weighted by molar-refractivity contribution is -0.135. The van der Waals surface area contributed by atoms with Crippen LogP contribution < -0.4 is 0 Å². The van der Waals surface area contributed by atoms with Gasteiger partial charge in [-0.15, -0.1) is 0 Å². The first-order valence-electron chi connectivity index (χ1n) is 7.25. The van der Waals surface area contributed by atoms with Crippen molar-refractivity contribution < 1.29 is 14.7 Å². The van der Waals surface area contributed by atoms with Crippen LogP contribution in [0, 0.1) is 17.3 Å². The molecule has 1 saturated carbocycles. The second-order valence-corrected chi connectivity index (χ2v) is 6.43. The van der Waals surface area contributed by atoms with Crippen molar-refractivity contribution in [1.82, 2.24) is 0 Å². The van der Waals surface area contributed by atoms with Crippen molar-refractivity contribution in [2.75, 3.05) is 0 Å². The summed E-state index contributed by atoms with van der Waals surface area (Å²) in [7, 11) is 0. The topological polar surface area (TPSA) is 54.4 Å². The van der Waals surface area contributed by atoms with E-state index in [1.807, 2.05) is 26.0 Å². The van der Waals surface area contributed by atoms with Crippen molar-refractivity contribution in [3.05, 3.63) is 35.4 Å². The van der Waals surface area contributed by atoms with Crippen LogP contribution in [0.3, 0.4) is 0 Å². The fourth-order valence-corrected chi connectivity index (χ4v) is 4.53. The van der Waals surface area contributed by atoms with Gasteiger partial charge in [0.25, 0.3) is 0 Å². The highest BCUT2D eigenvalue weighted by Crippen LogP contribution is 2.64. The van der Waals surface area contributed by atoms with E-state index in [1.54, 1.807) is 12.1 Å². The third-order valence-corrected chi connectivity index (χ3v) is 5.48. The van der Waals surface area contributed by atoms with Gasteiger partial charge in [0.15, 0.2) is 5.78 Å². The van der Waals surface area contributed by atoms with Crippen LogP contribution in [0.1, 0.15) is 49.5 Å². The van der Waals surface area contributed by atoms with E-state index in [0.29, 0.717) is 17.5 Å². The standard InChI is InChI=1S/C17H20O3/c1-4-11-9-16(3)15(19)12-7-5-6-8-13(12)17(16,20)14(11)10(2)18/h5-8,11,14,20H,4,9H2,1-3H3. The average molecular weight is 272 g/mol. The molecular weight excluding hydrogens is 252 g/mol. The zero-order valence-corrected chi connectivity index (χ0v) is 12.1. The Hall–Kier alpha value is -1.48. The summed E-state index contributed by atoms with van der Waals surface area (Å²) in [4.78, 5) is 24.9. The highest BCUT2D eigenvalue weighted by Gasteiger charge is 2.70. The minimum Gasteiger partial charge on any atom is -0.383 e. The number of ketones is 2. The molecule has 2 aliphatic rings. The van der Waals surface area contributed by atoms with Gasteiger partial charge in [-0.05, 0) is 31.7 Å².